The maximum Gasteiger partial charge on any atom is 0.115 e. The first-order chi connectivity index (χ1) is 9.81. The normalized spacial score (nSPS) is 14.6. The second-order valence-corrected chi connectivity index (χ2v) is 4.22. The molecule has 0 aliphatic rings. The van der Waals surface area contributed by atoms with E-state index in [-0.39, 0.29) is 13.2 Å². The highest BCUT2D eigenvalue weighted by Crippen LogP contribution is 1.95. The Morgan fingerprint density at radius 3 is 2.15 bits per heavy atom. The standard InChI is InChI=1S/C17H26O3/c1-2-3-4-5-6-7-8-9-10-11-12-13-14-20-16-17(19)15-18/h5-14,17-19H,2-4,15-16H2,1H3/t17-/m0/s1. The minimum absolute atomic E-state index is 0.101. The third-order valence-corrected chi connectivity index (χ3v) is 2.31. The number of aliphatic hydroxyl groups is 2. The molecule has 0 bridgehead atoms. The Kier molecular flexibility index (Phi) is 14.3. The van der Waals surface area contributed by atoms with Crippen molar-refractivity contribution in [2.45, 2.75) is 32.3 Å². The van der Waals surface area contributed by atoms with Gasteiger partial charge in [0.25, 0.3) is 0 Å². The van der Waals surface area contributed by atoms with Crippen LogP contribution >= 0.6 is 0 Å². The fourth-order valence-corrected chi connectivity index (χ4v) is 1.20. The monoisotopic (exact) mass is 278 g/mol. The van der Waals surface area contributed by atoms with Crippen LogP contribution in [0.4, 0.5) is 0 Å². The number of hydrogen-bond donors (Lipinski definition) is 2. The number of unbranched alkanes of at least 4 members (excludes halogenated alkanes) is 2. The first-order valence-corrected chi connectivity index (χ1v) is 7.03. The van der Waals surface area contributed by atoms with Crippen molar-refractivity contribution in [2.75, 3.05) is 13.2 Å². The van der Waals surface area contributed by atoms with Gasteiger partial charge in [0.1, 0.15) is 12.7 Å². The maximum absolute atomic E-state index is 9.00. The molecule has 0 aromatic carbocycles. The number of ether oxygens (including phenoxy) is 1. The van der Waals surface area contributed by atoms with Gasteiger partial charge in [-0.2, -0.15) is 0 Å². The largest absolute Gasteiger partial charge is 0.498 e. The van der Waals surface area contributed by atoms with Crippen molar-refractivity contribution in [1.82, 2.24) is 0 Å². The number of rotatable bonds is 11. The molecule has 2 N–H and O–H groups in total. The molecular formula is C17H26O3. The summed E-state index contributed by atoms with van der Waals surface area (Å²) in [5, 5.41) is 17.5. The van der Waals surface area contributed by atoms with Crippen LogP contribution in [0.2, 0.25) is 0 Å². The molecule has 0 aliphatic carbocycles. The molecule has 0 fully saturated rings. The highest BCUT2D eigenvalue weighted by molar-refractivity contribution is 5.17. The Labute approximate surface area is 122 Å². The summed E-state index contributed by atoms with van der Waals surface area (Å²) < 4.78 is 4.99. The van der Waals surface area contributed by atoms with Gasteiger partial charge in [-0.15, -0.1) is 0 Å². The third-order valence-electron chi connectivity index (χ3n) is 2.31. The van der Waals surface area contributed by atoms with Gasteiger partial charge in [0, 0.05) is 0 Å². The summed E-state index contributed by atoms with van der Waals surface area (Å²) in [5.41, 5.74) is 0. The summed E-state index contributed by atoms with van der Waals surface area (Å²) in [6, 6.07) is 0. The smallest absolute Gasteiger partial charge is 0.115 e. The van der Waals surface area contributed by atoms with Crippen molar-refractivity contribution in [3.05, 3.63) is 60.9 Å². The van der Waals surface area contributed by atoms with Gasteiger partial charge in [-0.05, 0) is 12.5 Å². The van der Waals surface area contributed by atoms with E-state index in [0.717, 1.165) is 6.42 Å². The second-order valence-electron chi connectivity index (χ2n) is 4.22. The molecule has 3 nitrogen and oxygen atoms in total. The van der Waals surface area contributed by atoms with Crippen LogP contribution in [0.15, 0.2) is 60.9 Å². The summed E-state index contributed by atoms with van der Waals surface area (Å²) >= 11 is 0. The van der Waals surface area contributed by atoms with Gasteiger partial charge < -0.3 is 14.9 Å². The maximum atomic E-state index is 9.00. The fraction of sp³-hybridized carbons (Fsp3) is 0.412. The van der Waals surface area contributed by atoms with Gasteiger partial charge >= 0.3 is 0 Å². The Morgan fingerprint density at radius 2 is 1.55 bits per heavy atom. The van der Waals surface area contributed by atoms with E-state index in [1.165, 1.54) is 19.1 Å². The van der Waals surface area contributed by atoms with Gasteiger partial charge in [0.2, 0.25) is 0 Å². The van der Waals surface area contributed by atoms with Crippen LogP contribution < -0.4 is 0 Å². The molecule has 0 rings (SSSR count). The molecule has 0 saturated carbocycles. The van der Waals surface area contributed by atoms with Crippen molar-refractivity contribution in [3.63, 3.8) is 0 Å². The van der Waals surface area contributed by atoms with E-state index in [2.05, 4.69) is 19.1 Å². The number of allylic oxidation sites excluding steroid dienone is 9. The molecule has 0 spiro atoms. The molecule has 3 heteroatoms. The molecule has 20 heavy (non-hydrogen) atoms. The molecule has 0 amide bonds. The van der Waals surface area contributed by atoms with Crippen LogP contribution in [-0.2, 0) is 4.74 Å². The van der Waals surface area contributed by atoms with Crippen molar-refractivity contribution in [2.24, 2.45) is 0 Å². The van der Waals surface area contributed by atoms with Gasteiger partial charge in [0.05, 0.1) is 12.9 Å². The van der Waals surface area contributed by atoms with Crippen LogP contribution in [0.1, 0.15) is 26.2 Å². The van der Waals surface area contributed by atoms with E-state index in [1.807, 2.05) is 36.5 Å². The summed E-state index contributed by atoms with van der Waals surface area (Å²) in [7, 11) is 0. The van der Waals surface area contributed by atoms with Crippen LogP contribution in [-0.4, -0.2) is 29.5 Å². The highest BCUT2D eigenvalue weighted by atomic mass is 16.5. The van der Waals surface area contributed by atoms with Crippen molar-refractivity contribution in [3.8, 4) is 0 Å². The Bertz CT molecular complexity index is 338. The lowest BCUT2D eigenvalue weighted by molar-refractivity contribution is 0.0384. The third kappa shape index (κ3) is 14.5. The highest BCUT2D eigenvalue weighted by Gasteiger charge is 1.98. The number of hydrogen-bond acceptors (Lipinski definition) is 3. The average molecular weight is 278 g/mol. The lowest BCUT2D eigenvalue weighted by atomic mass is 10.2. The fourth-order valence-electron chi connectivity index (χ4n) is 1.20. The molecule has 0 saturated heterocycles. The lowest BCUT2D eigenvalue weighted by Crippen LogP contribution is -2.17. The first kappa shape index (κ1) is 18.4. The Morgan fingerprint density at radius 1 is 0.950 bits per heavy atom. The number of aliphatic hydroxyl groups excluding tert-OH is 2. The predicted octanol–water partition coefficient (Wildman–Crippen LogP) is 3.28. The van der Waals surface area contributed by atoms with E-state index in [1.54, 1.807) is 6.08 Å². The zero-order valence-corrected chi connectivity index (χ0v) is 12.2. The molecule has 0 unspecified atom stereocenters. The molecule has 0 aromatic heterocycles. The summed E-state index contributed by atoms with van der Waals surface area (Å²) in [5.74, 6) is 0. The first-order valence-electron chi connectivity index (χ1n) is 7.03. The SMILES string of the molecule is CCCCC=CC=CC=CC=CC=COC[C@@H](O)CO. The summed E-state index contributed by atoms with van der Waals surface area (Å²) in [6.45, 7) is 2.00. The summed E-state index contributed by atoms with van der Waals surface area (Å²) in [4.78, 5) is 0. The zero-order valence-electron chi connectivity index (χ0n) is 12.2. The van der Waals surface area contributed by atoms with Crippen molar-refractivity contribution < 1.29 is 14.9 Å². The lowest BCUT2D eigenvalue weighted by Gasteiger charge is -2.04. The molecule has 0 heterocycles. The van der Waals surface area contributed by atoms with E-state index < -0.39 is 6.10 Å². The van der Waals surface area contributed by atoms with E-state index in [0.29, 0.717) is 0 Å². The predicted molar refractivity (Wildman–Crippen MR) is 84.3 cm³/mol. The molecule has 112 valence electrons. The topological polar surface area (TPSA) is 49.7 Å². The molecular weight excluding hydrogens is 252 g/mol. The molecule has 0 radical (unpaired) electrons. The van der Waals surface area contributed by atoms with Crippen molar-refractivity contribution >= 4 is 0 Å². The zero-order chi connectivity index (χ0) is 14.9. The Hall–Kier alpha value is -1.58. The minimum atomic E-state index is -0.820. The van der Waals surface area contributed by atoms with Crippen molar-refractivity contribution in [1.29, 1.82) is 0 Å². The minimum Gasteiger partial charge on any atom is -0.498 e. The van der Waals surface area contributed by atoms with E-state index in [4.69, 9.17) is 14.9 Å². The van der Waals surface area contributed by atoms with Gasteiger partial charge in [-0.1, -0.05) is 68.4 Å². The van der Waals surface area contributed by atoms with E-state index in [9.17, 15) is 0 Å². The Balaban J connectivity index is 3.63. The quantitative estimate of drug-likeness (QED) is 0.346. The summed E-state index contributed by atoms with van der Waals surface area (Å²) in [6.07, 6.45) is 21.8. The average Bonchev–Trinajstić information content (AvgIpc) is 2.47. The molecule has 0 aromatic rings. The van der Waals surface area contributed by atoms with Gasteiger partial charge in [-0.3, -0.25) is 0 Å². The van der Waals surface area contributed by atoms with Crippen LogP contribution in [0.3, 0.4) is 0 Å². The van der Waals surface area contributed by atoms with Crippen LogP contribution in [0.5, 0.6) is 0 Å². The second kappa shape index (κ2) is 15.5. The van der Waals surface area contributed by atoms with Crippen LogP contribution in [0, 0.1) is 0 Å². The van der Waals surface area contributed by atoms with Crippen LogP contribution in [0.25, 0.3) is 0 Å². The molecule has 1 atom stereocenters. The molecule has 0 aliphatic heterocycles. The van der Waals surface area contributed by atoms with E-state index >= 15 is 0 Å². The van der Waals surface area contributed by atoms with Gasteiger partial charge in [-0.25, -0.2) is 0 Å². The van der Waals surface area contributed by atoms with Gasteiger partial charge in [0.15, 0.2) is 0 Å².